The predicted octanol–water partition coefficient (Wildman–Crippen LogP) is 4.56. The van der Waals surface area contributed by atoms with Crippen LogP contribution in [0.4, 0.5) is 18.9 Å². The average molecular weight is 342 g/mol. The lowest BCUT2D eigenvalue weighted by Crippen LogP contribution is -2.08. The van der Waals surface area contributed by atoms with Crippen LogP contribution in [0.15, 0.2) is 16.6 Å². The van der Waals surface area contributed by atoms with Gasteiger partial charge in [0.05, 0.1) is 17.1 Å². The SMILES string of the molecule is CCCCOc1cc(C(F)(F)F)c(Br)cc1[N+](=O)[O-]. The van der Waals surface area contributed by atoms with Crippen LogP contribution >= 0.6 is 15.9 Å². The van der Waals surface area contributed by atoms with E-state index in [0.717, 1.165) is 12.5 Å². The lowest BCUT2D eigenvalue weighted by Gasteiger charge is -2.12. The van der Waals surface area contributed by atoms with Gasteiger partial charge in [0.2, 0.25) is 0 Å². The molecular weight excluding hydrogens is 331 g/mol. The van der Waals surface area contributed by atoms with Gasteiger partial charge >= 0.3 is 11.9 Å². The zero-order valence-electron chi connectivity index (χ0n) is 9.96. The van der Waals surface area contributed by atoms with Crippen molar-refractivity contribution in [2.45, 2.75) is 25.9 Å². The highest BCUT2D eigenvalue weighted by atomic mass is 79.9. The zero-order chi connectivity index (χ0) is 14.6. The van der Waals surface area contributed by atoms with Crippen molar-refractivity contribution in [2.75, 3.05) is 6.61 Å². The van der Waals surface area contributed by atoms with Gasteiger partial charge in [0.25, 0.3) is 0 Å². The van der Waals surface area contributed by atoms with Crippen molar-refractivity contribution in [1.82, 2.24) is 0 Å². The molecule has 0 saturated carbocycles. The molecule has 19 heavy (non-hydrogen) atoms. The fourth-order valence-corrected chi connectivity index (χ4v) is 1.90. The van der Waals surface area contributed by atoms with Gasteiger partial charge in [0.1, 0.15) is 0 Å². The first kappa shape index (κ1) is 15.7. The Kier molecular flexibility index (Phi) is 5.16. The Morgan fingerprint density at radius 2 is 2.05 bits per heavy atom. The number of ether oxygens (including phenoxy) is 1. The maximum Gasteiger partial charge on any atom is 0.417 e. The van der Waals surface area contributed by atoms with Crippen molar-refractivity contribution < 1.29 is 22.8 Å². The van der Waals surface area contributed by atoms with Crippen LogP contribution in [-0.4, -0.2) is 11.5 Å². The van der Waals surface area contributed by atoms with Gasteiger partial charge in [0.15, 0.2) is 5.75 Å². The predicted molar refractivity (Wildman–Crippen MR) is 66.2 cm³/mol. The molecule has 0 atom stereocenters. The minimum atomic E-state index is -4.60. The second kappa shape index (κ2) is 6.23. The summed E-state index contributed by atoms with van der Waals surface area (Å²) in [6.45, 7) is 2.01. The molecule has 0 heterocycles. The van der Waals surface area contributed by atoms with Crippen LogP contribution in [0.3, 0.4) is 0 Å². The Labute approximate surface area is 115 Å². The maximum atomic E-state index is 12.7. The lowest BCUT2D eigenvalue weighted by molar-refractivity contribution is -0.386. The molecule has 0 spiro atoms. The molecule has 0 bridgehead atoms. The number of alkyl halides is 3. The van der Waals surface area contributed by atoms with Crippen LogP contribution in [0.5, 0.6) is 5.75 Å². The molecular formula is C11H11BrF3NO3. The number of nitro benzene ring substituents is 1. The third-order valence-electron chi connectivity index (χ3n) is 2.31. The summed E-state index contributed by atoms with van der Waals surface area (Å²) in [6, 6.07) is 1.46. The second-order valence-corrected chi connectivity index (χ2v) is 4.61. The molecule has 0 aliphatic heterocycles. The highest BCUT2D eigenvalue weighted by Crippen LogP contribution is 2.41. The summed E-state index contributed by atoms with van der Waals surface area (Å²) in [5.41, 5.74) is -1.49. The largest absolute Gasteiger partial charge is 0.487 e. The molecule has 1 rings (SSSR count). The molecule has 0 aliphatic rings. The van der Waals surface area contributed by atoms with Crippen molar-refractivity contribution >= 4 is 21.6 Å². The van der Waals surface area contributed by atoms with Gasteiger partial charge in [-0.1, -0.05) is 13.3 Å². The molecule has 0 radical (unpaired) electrons. The molecule has 1 aromatic carbocycles. The quantitative estimate of drug-likeness (QED) is 0.448. The van der Waals surface area contributed by atoms with Gasteiger partial charge in [-0.25, -0.2) is 0 Å². The molecule has 0 aliphatic carbocycles. The topological polar surface area (TPSA) is 52.4 Å². The molecule has 8 heteroatoms. The number of benzene rings is 1. The molecule has 0 N–H and O–H groups in total. The third-order valence-corrected chi connectivity index (χ3v) is 2.96. The highest BCUT2D eigenvalue weighted by molar-refractivity contribution is 9.10. The zero-order valence-corrected chi connectivity index (χ0v) is 11.5. The third kappa shape index (κ3) is 4.09. The number of nitrogens with zero attached hydrogens (tertiary/aromatic N) is 1. The second-order valence-electron chi connectivity index (χ2n) is 3.76. The first-order valence-corrected chi connectivity index (χ1v) is 6.24. The number of halogens is 4. The van der Waals surface area contributed by atoms with Crippen LogP contribution in [-0.2, 0) is 6.18 Å². The average Bonchev–Trinajstić information content (AvgIpc) is 2.29. The van der Waals surface area contributed by atoms with Gasteiger partial charge in [-0.05, 0) is 22.4 Å². The Bertz CT molecular complexity index is 477. The number of unbranched alkanes of at least 4 members (excludes halogenated alkanes) is 1. The van der Waals surface area contributed by atoms with Gasteiger partial charge in [-0.2, -0.15) is 13.2 Å². The smallest absolute Gasteiger partial charge is 0.417 e. The van der Waals surface area contributed by atoms with Crippen molar-refractivity contribution in [3.8, 4) is 5.75 Å². The molecule has 0 fully saturated rings. The first-order chi connectivity index (χ1) is 8.77. The molecule has 0 amide bonds. The summed E-state index contributed by atoms with van der Waals surface area (Å²) < 4.78 is 42.8. The molecule has 0 unspecified atom stereocenters. The van der Waals surface area contributed by atoms with E-state index in [1.165, 1.54) is 0 Å². The number of hydrogen-bond donors (Lipinski definition) is 0. The molecule has 1 aromatic rings. The van der Waals surface area contributed by atoms with Crippen molar-refractivity contribution in [2.24, 2.45) is 0 Å². The molecule has 0 aromatic heterocycles. The van der Waals surface area contributed by atoms with Gasteiger partial charge in [-0.15, -0.1) is 0 Å². The Morgan fingerprint density at radius 1 is 1.42 bits per heavy atom. The van der Waals surface area contributed by atoms with Crippen molar-refractivity contribution in [3.63, 3.8) is 0 Å². The molecule has 0 saturated heterocycles. The minimum Gasteiger partial charge on any atom is -0.487 e. The fraction of sp³-hybridized carbons (Fsp3) is 0.455. The minimum absolute atomic E-state index is 0.135. The van der Waals surface area contributed by atoms with Crippen molar-refractivity contribution in [1.29, 1.82) is 0 Å². The van der Waals surface area contributed by atoms with Gasteiger partial charge in [0, 0.05) is 16.6 Å². The van der Waals surface area contributed by atoms with Crippen LogP contribution < -0.4 is 4.74 Å². The summed E-state index contributed by atoms with van der Waals surface area (Å²) in [4.78, 5) is 10.0. The van der Waals surface area contributed by atoms with E-state index in [1.807, 2.05) is 6.92 Å². The Hall–Kier alpha value is -1.31. The fourth-order valence-electron chi connectivity index (χ4n) is 1.34. The monoisotopic (exact) mass is 341 g/mol. The summed E-state index contributed by atoms with van der Waals surface area (Å²) >= 11 is 2.69. The van der Waals surface area contributed by atoms with Crippen LogP contribution in [0.2, 0.25) is 0 Å². The molecule has 4 nitrogen and oxygen atoms in total. The van der Waals surface area contributed by atoms with Crippen LogP contribution in [0.1, 0.15) is 25.3 Å². The van der Waals surface area contributed by atoms with E-state index >= 15 is 0 Å². The summed E-state index contributed by atoms with van der Waals surface area (Å²) in [7, 11) is 0. The van der Waals surface area contributed by atoms with Gasteiger partial charge in [-0.3, -0.25) is 10.1 Å². The summed E-state index contributed by atoms with van der Waals surface area (Å²) in [5, 5.41) is 10.8. The number of hydrogen-bond acceptors (Lipinski definition) is 3. The van der Waals surface area contributed by atoms with Crippen LogP contribution in [0, 0.1) is 10.1 Å². The van der Waals surface area contributed by atoms with E-state index in [4.69, 9.17) is 4.74 Å². The van der Waals surface area contributed by atoms with Crippen LogP contribution in [0.25, 0.3) is 0 Å². The lowest BCUT2D eigenvalue weighted by atomic mass is 10.2. The molecule has 106 valence electrons. The Balaban J connectivity index is 3.20. The van der Waals surface area contributed by atoms with Crippen molar-refractivity contribution in [3.05, 3.63) is 32.3 Å². The van der Waals surface area contributed by atoms with E-state index in [-0.39, 0.29) is 16.8 Å². The van der Waals surface area contributed by atoms with Gasteiger partial charge < -0.3 is 4.74 Å². The van der Waals surface area contributed by atoms with E-state index in [9.17, 15) is 23.3 Å². The summed E-state index contributed by atoms with van der Waals surface area (Å²) in [5.74, 6) is -0.367. The highest BCUT2D eigenvalue weighted by Gasteiger charge is 2.35. The van der Waals surface area contributed by atoms with E-state index < -0.39 is 22.4 Å². The summed E-state index contributed by atoms with van der Waals surface area (Å²) in [6.07, 6.45) is -3.22. The van der Waals surface area contributed by atoms with E-state index in [0.29, 0.717) is 12.5 Å². The Morgan fingerprint density at radius 3 is 2.53 bits per heavy atom. The van der Waals surface area contributed by atoms with E-state index in [2.05, 4.69) is 15.9 Å². The standard InChI is InChI=1S/C11H11BrF3NO3/c1-2-3-4-19-10-5-7(11(13,14)15)8(12)6-9(10)16(17)18/h5-6H,2-4H2,1H3. The maximum absolute atomic E-state index is 12.7. The normalized spacial score (nSPS) is 11.4. The van der Waals surface area contributed by atoms with E-state index in [1.54, 1.807) is 0 Å². The number of rotatable bonds is 5. The number of nitro groups is 1. The first-order valence-electron chi connectivity index (χ1n) is 5.45.